The summed E-state index contributed by atoms with van der Waals surface area (Å²) in [4.78, 5) is 23.0. The van der Waals surface area contributed by atoms with Gasteiger partial charge in [0.05, 0.1) is 6.61 Å². The van der Waals surface area contributed by atoms with Crippen LogP contribution in [0.15, 0.2) is 24.3 Å². The highest BCUT2D eigenvalue weighted by molar-refractivity contribution is 5.87. The van der Waals surface area contributed by atoms with Crippen LogP contribution < -0.4 is 14.8 Å². The first kappa shape index (κ1) is 18.8. The van der Waals surface area contributed by atoms with E-state index in [2.05, 4.69) is 19.2 Å². The van der Waals surface area contributed by atoms with Crippen molar-refractivity contribution >= 4 is 11.9 Å². The lowest BCUT2D eigenvalue weighted by atomic mass is 9.99. The summed E-state index contributed by atoms with van der Waals surface area (Å²) < 4.78 is 11.0. The van der Waals surface area contributed by atoms with Crippen LogP contribution in [0.4, 0.5) is 0 Å². The van der Waals surface area contributed by atoms with Crippen molar-refractivity contribution in [3.8, 4) is 11.5 Å². The average molecular weight is 323 g/mol. The monoisotopic (exact) mass is 323 g/mol. The van der Waals surface area contributed by atoms with E-state index in [9.17, 15) is 9.59 Å². The molecule has 0 radical (unpaired) electrons. The zero-order chi connectivity index (χ0) is 17.5. The molecule has 0 spiro atoms. The minimum absolute atomic E-state index is 0.253. The number of benzene rings is 1. The van der Waals surface area contributed by atoms with Crippen LogP contribution in [-0.4, -0.2) is 35.7 Å². The number of aliphatic carboxylic acids is 1. The molecule has 0 aliphatic heterocycles. The first-order valence-corrected chi connectivity index (χ1v) is 7.67. The summed E-state index contributed by atoms with van der Waals surface area (Å²) in [7, 11) is 0. The van der Waals surface area contributed by atoms with Gasteiger partial charge in [-0.15, -0.1) is 0 Å². The standard InChI is InChI=1S/C17H25NO5/c1-5-17(4,16(20)21)18-15(19)11-23-14-8-6-7-13(9-14)22-10-12(2)3/h6-9,12H,5,10-11H2,1-4H3,(H,18,19)(H,20,21). The number of hydrogen-bond donors (Lipinski definition) is 2. The van der Waals surface area contributed by atoms with Gasteiger partial charge in [-0.1, -0.05) is 26.8 Å². The molecule has 6 heteroatoms. The van der Waals surface area contributed by atoms with Gasteiger partial charge in [-0.25, -0.2) is 4.79 Å². The van der Waals surface area contributed by atoms with Gasteiger partial charge in [-0.2, -0.15) is 0 Å². The van der Waals surface area contributed by atoms with Crippen molar-refractivity contribution < 1.29 is 24.2 Å². The molecule has 1 aromatic rings. The molecule has 0 bridgehead atoms. The number of hydrogen-bond acceptors (Lipinski definition) is 4. The molecule has 23 heavy (non-hydrogen) atoms. The van der Waals surface area contributed by atoms with Crippen LogP contribution in [0, 0.1) is 5.92 Å². The highest BCUT2D eigenvalue weighted by atomic mass is 16.5. The van der Waals surface area contributed by atoms with E-state index in [1.165, 1.54) is 6.92 Å². The Morgan fingerprint density at radius 1 is 1.26 bits per heavy atom. The topological polar surface area (TPSA) is 84.9 Å². The van der Waals surface area contributed by atoms with Crippen LogP contribution in [0.2, 0.25) is 0 Å². The molecular formula is C17H25NO5. The third-order valence-electron chi connectivity index (χ3n) is 3.35. The van der Waals surface area contributed by atoms with E-state index in [-0.39, 0.29) is 13.0 Å². The molecule has 0 aliphatic rings. The fraction of sp³-hybridized carbons (Fsp3) is 0.529. The second kappa shape index (κ2) is 8.41. The van der Waals surface area contributed by atoms with Gasteiger partial charge in [0.15, 0.2) is 6.61 Å². The summed E-state index contributed by atoms with van der Waals surface area (Å²) >= 11 is 0. The first-order chi connectivity index (χ1) is 10.8. The average Bonchev–Trinajstić information content (AvgIpc) is 2.51. The maximum absolute atomic E-state index is 11.9. The highest BCUT2D eigenvalue weighted by Gasteiger charge is 2.32. The van der Waals surface area contributed by atoms with E-state index in [0.717, 1.165) is 0 Å². The third-order valence-corrected chi connectivity index (χ3v) is 3.35. The fourth-order valence-electron chi connectivity index (χ4n) is 1.70. The Bertz CT molecular complexity index is 544. The van der Waals surface area contributed by atoms with Crippen molar-refractivity contribution in [1.29, 1.82) is 0 Å². The summed E-state index contributed by atoms with van der Waals surface area (Å²) in [5.74, 6) is 0.0197. The quantitative estimate of drug-likeness (QED) is 0.729. The normalized spacial score (nSPS) is 13.3. The molecule has 0 heterocycles. The fourth-order valence-corrected chi connectivity index (χ4v) is 1.70. The molecule has 1 rings (SSSR count). The summed E-state index contributed by atoms with van der Waals surface area (Å²) in [5.41, 5.74) is -1.29. The Morgan fingerprint density at radius 3 is 2.39 bits per heavy atom. The molecule has 1 atom stereocenters. The molecule has 0 saturated heterocycles. The van der Waals surface area contributed by atoms with Gasteiger partial charge < -0.3 is 19.9 Å². The number of rotatable bonds is 9. The molecule has 6 nitrogen and oxygen atoms in total. The van der Waals surface area contributed by atoms with Gasteiger partial charge in [-0.3, -0.25) is 4.79 Å². The Hall–Kier alpha value is -2.24. The lowest BCUT2D eigenvalue weighted by Gasteiger charge is -2.24. The van der Waals surface area contributed by atoms with Crippen LogP contribution in [0.25, 0.3) is 0 Å². The summed E-state index contributed by atoms with van der Waals surface area (Å²) in [6.07, 6.45) is 0.284. The third kappa shape index (κ3) is 6.18. The Balaban J connectivity index is 2.56. The number of carboxylic acid groups (broad SMARTS) is 1. The predicted molar refractivity (Wildman–Crippen MR) is 86.7 cm³/mol. The molecule has 128 valence electrons. The summed E-state index contributed by atoms with van der Waals surface area (Å²) in [6, 6.07) is 7.00. The second-order valence-corrected chi connectivity index (χ2v) is 6.01. The largest absolute Gasteiger partial charge is 0.493 e. The van der Waals surface area contributed by atoms with Crippen molar-refractivity contribution in [1.82, 2.24) is 5.32 Å². The maximum atomic E-state index is 11.9. The van der Waals surface area contributed by atoms with Crippen molar-refractivity contribution in [2.75, 3.05) is 13.2 Å². The minimum Gasteiger partial charge on any atom is -0.493 e. The molecule has 0 aromatic heterocycles. The maximum Gasteiger partial charge on any atom is 0.329 e. The van der Waals surface area contributed by atoms with E-state index in [1.807, 2.05) is 6.07 Å². The molecule has 1 unspecified atom stereocenters. The smallest absolute Gasteiger partial charge is 0.329 e. The van der Waals surface area contributed by atoms with Crippen molar-refractivity contribution in [2.45, 2.75) is 39.7 Å². The van der Waals surface area contributed by atoms with E-state index < -0.39 is 17.4 Å². The number of carboxylic acids is 1. The highest BCUT2D eigenvalue weighted by Crippen LogP contribution is 2.20. The number of nitrogens with one attached hydrogen (secondary N) is 1. The van der Waals surface area contributed by atoms with Gasteiger partial charge >= 0.3 is 5.97 Å². The number of amides is 1. The van der Waals surface area contributed by atoms with Crippen LogP contribution in [0.1, 0.15) is 34.1 Å². The van der Waals surface area contributed by atoms with E-state index in [1.54, 1.807) is 25.1 Å². The van der Waals surface area contributed by atoms with E-state index in [0.29, 0.717) is 24.0 Å². The predicted octanol–water partition coefficient (Wildman–Crippen LogP) is 2.47. The van der Waals surface area contributed by atoms with Crippen molar-refractivity contribution in [2.24, 2.45) is 5.92 Å². The molecule has 0 aliphatic carbocycles. The van der Waals surface area contributed by atoms with E-state index in [4.69, 9.17) is 14.6 Å². The molecule has 0 fully saturated rings. The first-order valence-electron chi connectivity index (χ1n) is 7.67. The van der Waals surface area contributed by atoms with Crippen molar-refractivity contribution in [3.05, 3.63) is 24.3 Å². The van der Waals surface area contributed by atoms with Crippen LogP contribution in [0.3, 0.4) is 0 Å². The second-order valence-electron chi connectivity index (χ2n) is 6.01. The lowest BCUT2D eigenvalue weighted by molar-refractivity contribution is -0.147. The van der Waals surface area contributed by atoms with Crippen molar-refractivity contribution in [3.63, 3.8) is 0 Å². The van der Waals surface area contributed by atoms with E-state index >= 15 is 0 Å². The van der Waals surface area contributed by atoms with Gasteiger partial charge in [0.25, 0.3) is 5.91 Å². The molecule has 1 aromatic carbocycles. The van der Waals surface area contributed by atoms with Gasteiger partial charge in [-0.05, 0) is 31.4 Å². The number of carbonyl (C=O) groups is 2. The lowest BCUT2D eigenvalue weighted by Crippen LogP contribution is -2.53. The van der Waals surface area contributed by atoms with Gasteiger partial charge in [0.2, 0.25) is 0 Å². The Labute approximate surface area is 136 Å². The number of ether oxygens (including phenoxy) is 2. The summed E-state index contributed by atoms with van der Waals surface area (Å²) in [6.45, 7) is 7.61. The van der Waals surface area contributed by atoms with Crippen LogP contribution >= 0.6 is 0 Å². The molecular weight excluding hydrogens is 298 g/mol. The van der Waals surface area contributed by atoms with Crippen LogP contribution in [-0.2, 0) is 9.59 Å². The number of carbonyl (C=O) groups excluding carboxylic acids is 1. The van der Waals surface area contributed by atoms with Gasteiger partial charge in [0.1, 0.15) is 17.0 Å². The zero-order valence-electron chi connectivity index (χ0n) is 14.1. The van der Waals surface area contributed by atoms with Gasteiger partial charge in [0, 0.05) is 6.07 Å². The van der Waals surface area contributed by atoms with Crippen LogP contribution in [0.5, 0.6) is 11.5 Å². The molecule has 2 N–H and O–H groups in total. The Kier molecular flexibility index (Phi) is 6.88. The SMILES string of the molecule is CCC(C)(NC(=O)COc1cccc(OCC(C)C)c1)C(=O)O. The summed E-state index contributed by atoms with van der Waals surface area (Å²) in [5, 5.41) is 11.6. The molecule has 1 amide bonds. The Morgan fingerprint density at radius 2 is 1.87 bits per heavy atom. The minimum atomic E-state index is -1.29. The zero-order valence-corrected chi connectivity index (χ0v) is 14.1. The molecule has 0 saturated carbocycles.